The van der Waals surface area contributed by atoms with Crippen molar-refractivity contribution in [2.45, 2.75) is 31.6 Å². The topological polar surface area (TPSA) is 118 Å². The highest BCUT2D eigenvalue weighted by molar-refractivity contribution is 7.89. The third-order valence-electron chi connectivity index (χ3n) is 5.32. The Labute approximate surface area is 190 Å². The van der Waals surface area contributed by atoms with Gasteiger partial charge in [-0.05, 0) is 49.6 Å². The molecule has 11 heteroatoms. The van der Waals surface area contributed by atoms with Crippen LogP contribution in [0.15, 0.2) is 45.9 Å². The molecule has 4 rings (SSSR count). The third-order valence-corrected chi connectivity index (χ3v) is 7.70. The van der Waals surface area contributed by atoms with Gasteiger partial charge >= 0.3 is 0 Å². The van der Waals surface area contributed by atoms with E-state index in [9.17, 15) is 13.2 Å². The lowest BCUT2D eigenvalue weighted by Gasteiger charge is -2.30. The summed E-state index contributed by atoms with van der Waals surface area (Å²) in [6, 6.07) is 8.20. The van der Waals surface area contributed by atoms with Crippen molar-refractivity contribution in [3.63, 3.8) is 0 Å². The zero-order valence-corrected chi connectivity index (χ0v) is 19.2. The summed E-state index contributed by atoms with van der Waals surface area (Å²) in [7, 11) is -3.86. The van der Waals surface area contributed by atoms with Crippen molar-refractivity contribution >= 4 is 33.3 Å². The fraction of sp³-hybridized carbons (Fsp3) is 0.333. The summed E-state index contributed by atoms with van der Waals surface area (Å²) >= 11 is 6.23. The van der Waals surface area contributed by atoms with Crippen molar-refractivity contribution in [3.05, 3.63) is 53.0 Å². The van der Waals surface area contributed by atoms with E-state index in [-0.39, 0.29) is 40.7 Å². The molecule has 0 saturated carbocycles. The molecule has 2 aromatic heterocycles. The molecule has 3 heterocycles. The molecule has 1 aliphatic rings. The lowest BCUT2D eigenvalue weighted by atomic mass is 9.97. The molecular formula is C21H22ClN5O4S. The number of rotatable bonds is 5. The number of aryl methyl sites for hydroxylation is 2. The van der Waals surface area contributed by atoms with Crippen LogP contribution in [0.25, 0.3) is 11.4 Å². The molecule has 1 aromatic carbocycles. The van der Waals surface area contributed by atoms with E-state index < -0.39 is 10.0 Å². The summed E-state index contributed by atoms with van der Waals surface area (Å²) in [5, 5.41) is 6.74. The number of carbonyl (C=O) groups is 1. The molecule has 32 heavy (non-hydrogen) atoms. The van der Waals surface area contributed by atoms with E-state index in [0.717, 1.165) is 5.56 Å². The van der Waals surface area contributed by atoms with Crippen molar-refractivity contribution in [1.82, 2.24) is 19.4 Å². The standard InChI is InChI=1S/C21H22ClN5O4S/c1-13-3-6-19(23-12-13)25-21(28)15-7-9-27(10-8-15)32(29,30)18-11-16(4-5-17(18)22)20-24-14(2)31-26-20/h3-6,11-12,15H,7-10H2,1-2H3,(H,23,25,28). The predicted molar refractivity (Wildman–Crippen MR) is 119 cm³/mol. The lowest BCUT2D eigenvalue weighted by Crippen LogP contribution is -2.41. The van der Waals surface area contributed by atoms with Crippen LogP contribution in [0.2, 0.25) is 5.02 Å². The second-order valence-corrected chi connectivity index (χ2v) is 9.98. The molecule has 1 N–H and O–H groups in total. The SMILES string of the molecule is Cc1ccc(NC(=O)C2CCN(S(=O)(=O)c3cc(-c4noc(C)n4)ccc3Cl)CC2)nc1. The van der Waals surface area contributed by atoms with E-state index in [1.807, 2.05) is 13.0 Å². The minimum absolute atomic E-state index is 0.0223. The minimum Gasteiger partial charge on any atom is -0.339 e. The first kappa shape index (κ1) is 22.4. The number of nitrogens with zero attached hydrogens (tertiary/aromatic N) is 4. The first-order chi connectivity index (χ1) is 15.2. The molecule has 1 amide bonds. The number of benzene rings is 1. The van der Waals surface area contributed by atoms with Crippen LogP contribution >= 0.6 is 11.6 Å². The summed E-state index contributed by atoms with van der Waals surface area (Å²) in [5.74, 6) is 0.687. The van der Waals surface area contributed by atoms with Gasteiger partial charge in [0.1, 0.15) is 10.7 Å². The van der Waals surface area contributed by atoms with Gasteiger partial charge in [-0.15, -0.1) is 0 Å². The van der Waals surface area contributed by atoms with Gasteiger partial charge in [0, 0.05) is 37.7 Å². The predicted octanol–water partition coefficient (Wildman–Crippen LogP) is 3.44. The van der Waals surface area contributed by atoms with Crippen molar-refractivity contribution in [2.24, 2.45) is 5.92 Å². The number of amides is 1. The van der Waals surface area contributed by atoms with Crippen LogP contribution in [0, 0.1) is 19.8 Å². The molecule has 0 bridgehead atoms. The largest absolute Gasteiger partial charge is 0.339 e. The van der Waals surface area contributed by atoms with Gasteiger partial charge in [0.15, 0.2) is 0 Å². The molecule has 9 nitrogen and oxygen atoms in total. The number of pyridine rings is 1. The summed E-state index contributed by atoms with van der Waals surface area (Å²) in [4.78, 5) is 20.9. The molecule has 0 radical (unpaired) electrons. The Morgan fingerprint density at radius 2 is 1.94 bits per heavy atom. The molecular weight excluding hydrogens is 454 g/mol. The first-order valence-electron chi connectivity index (χ1n) is 10.1. The first-order valence-corrected chi connectivity index (χ1v) is 11.9. The van der Waals surface area contributed by atoms with Crippen LogP contribution in [-0.2, 0) is 14.8 Å². The Kier molecular flexibility index (Phi) is 6.27. The van der Waals surface area contributed by atoms with Crippen molar-refractivity contribution < 1.29 is 17.7 Å². The van der Waals surface area contributed by atoms with E-state index in [4.69, 9.17) is 16.1 Å². The summed E-state index contributed by atoms with van der Waals surface area (Å²) in [5.41, 5.74) is 1.49. The van der Waals surface area contributed by atoms with Gasteiger partial charge in [0.2, 0.25) is 27.6 Å². The van der Waals surface area contributed by atoms with Crippen molar-refractivity contribution in [2.75, 3.05) is 18.4 Å². The van der Waals surface area contributed by atoms with Crippen LogP contribution < -0.4 is 5.32 Å². The number of halogens is 1. The number of anilines is 1. The molecule has 3 aromatic rings. The van der Waals surface area contributed by atoms with Crippen molar-refractivity contribution in [3.8, 4) is 11.4 Å². The van der Waals surface area contributed by atoms with E-state index >= 15 is 0 Å². The molecule has 0 atom stereocenters. The fourth-order valence-electron chi connectivity index (χ4n) is 3.52. The Morgan fingerprint density at radius 1 is 1.19 bits per heavy atom. The van der Waals surface area contributed by atoms with Gasteiger partial charge in [-0.3, -0.25) is 4.79 Å². The average molecular weight is 476 g/mol. The number of carbonyl (C=O) groups excluding carboxylic acids is 1. The quantitative estimate of drug-likeness (QED) is 0.600. The smallest absolute Gasteiger partial charge is 0.244 e. The maximum atomic E-state index is 13.3. The van der Waals surface area contributed by atoms with Crippen LogP contribution in [0.3, 0.4) is 0 Å². The molecule has 168 valence electrons. The second-order valence-electron chi connectivity index (χ2n) is 7.67. The van der Waals surface area contributed by atoms with Crippen LogP contribution in [0.4, 0.5) is 5.82 Å². The molecule has 0 unspecified atom stereocenters. The second kappa shape index (κ2) is 8.97. The maximum Gasteiger partial charge on any atom is 0.244 e. The zero-order valence-electron chi connectivity index (χ0n) is 17.6. The Hall–Kier alpha value is -2.82. The van der Waals surface area contributed by atoms with E-state index in [0.29, 0.717) is 30.1 Å². The Balaban J connectivity index is 1.46. The highest BCUT2D eigenvalue weighted by Crippen LogP contribution is 2.31. The van der Waals surface area contributed by atoms with Crippen LogP contribution in [0.5, 0.6) is 0 Å². The maximum absolute atomic E-state index is 13.3. The number of hydrogen-bond acceptors (Lipinski definition) is 7. The number of aromatic nitrogens is 3. The summed E-state index contributed by atoms with van der Waals surface area (Å²) in [6.45, 7) is 3.99. The van der Waals surface area contributed by atoms with Gasteiger partial charge in [0.05, 0.1) is 5.02 Å². The highest BCUT2D eigenvalue weighted by atomic mass is 35.5. The number of sulfonamides is 1. The third kappa shape index (κ3) is 4.67. The highest BCUT2D eigenvalue weighted by Gasteiger charge is 2.33. The number of nitrogens with one attached hydrogen (secondary N) is 1. The van der Waals surface area contributed by atoms with E-state index in [1.54, 1.807) is 25.3 Å². The average Bonchev–Trinajstić information content (AvgIpc) is 3.22. The molecule has 1 saturated heterocycles. The van der Waals surface area contributed by atoms with Gasteiger partial charge in [-0.25, -0.2) is 13.4 Å². The summed E-state index contributed by atoms with van der Waals surface area (Å²) in [6.07, 6.45) is 2.48. The lowest BCUT2D eigenvalue weighted by molar-refractivity contribution is -0.120. The van der Waals surface area contributed by atoms with E-state index in [1.165, 1.54) is 16.4 Å². The molecule has 0 spiro atoms. The normalized spacial score (nSPS) is 15.6. The molecule has 1 aliphatic heterocycles. The van der Waals surface area contributed by atoms with Gasteiger partial charge in [-0.2, -0.15) is 9.29 Å². The molecule has 0 aliphatic carbocycles. The molecule has 1 fully saturated rings. The number of hydrogen-bond donors (Lipinski definition) is 1. The Morgan fingerprint density at radius 3 is 2.56 bits per heavy atom. The summed E-state index contributed by atoms with van der Waals surface area (Å²) < 4.78 is 32.9. The van der Waals surface area contributed by atoms with Crippen molar-refractivity contribution in [1.29, 1.82) is 0 Å². The number of piperidine rings is 1. The minimum atomic E-state index is -3.86. The zero-order chi connectivity index (χ0) is 22.9. The van der Waals surface area contributed by atoms with Gasteiger partial charge < -0.3 is 9.84 Å². The Bertz CT molecular complexity index is 1240. The van der Waals surface area contributed by atoms with Crippen LogP contribution in [0.1, 0.15) is 24.3 Å². The van der Waals surface area contributed by atoms with Crippen LogP contribution in [-0.4, -0.2) is 46.8 Å². The monoisotopic (exact) mass is 475 g/mol. The van der Waals surface area contributed by atoms with E-state index in [2.05, 4.69) is 20.4 Å². The van der Waals surface area contributed by atoms with Gasteiger partial charge in [0.25, 0.3) is 0 Å². The van der Waals surface area contributed by atoms with Gasteiger partial charge in [-0.1, -0.05) is 22.8 Å². The fourth-order valence-corrected chi connectivity index (χ4v) is 5.49.